The molecule has 0 aliphatic rings. The minimum atomic E-state index is -0.998. The quantitative estimate of drug-likeness (QED) is 0.226. The number of rotatable bonds is 9. The number of benzene rings is 3. The lowest BCUT2D eigenvalue weighted by atomic mass is 9.77. The number of allylic oxidation sites excluding steroid dienone is 1. The monoisotopic (exact) mass is 479 g/mol. The zero-order valence-corrected chi connectivity index (χ0v) is 20.3. The summed E-state index contributed by atoms with van der Waals surface area (Å²) in [7, 11) is 0. The highest BCUT2D eigenvalue weighted by atomic mass is 32.2. The minimum absolute atomic E-state index is 0.152. The Morgan fingerprint density at radius 2 is 1.74 bits per heavy atom. The molecule has 6 nitrogen and oxygen atoms in total. The van der Waals surface area contributed by atoms with Gasteiger partial charge in [0.05, 0.1) is 0 Å². The second kappa shape index (κ2) is 11.1. The minimum Gasteiger partial charge on any atom is -0.507 e. The molecule has 0 fully saturated rings. The maximum absolute atomic E-state index is 12.9. The molecule has 0 saturated carbocycles. The van der Waals surface area contributed by atoms with Crippen LogP contribution >= 0.6 is 11.8 Å². The number of phenolic OH excluding ortho intramolecular Hbond substituents is 1. The van der Waals surface area contributed by atoms with Crippen molar-refractivity contribution in [2.75, 3.05) is 11.6 Å². The number of anilines is 1. The number of amides is 1. The maximum atomic E-state index is 12.9. The highest BCUT2D eigenvalue weighted by Crippen LogP contribution is 2.44. The molecule has 7 heteroatoms. The molecule has 3 rings (SSSR count). The van der Waals surface area contributed by atoms with E-state index in [0.29, 0.717) is 23.9 Å². The van der Waals surface area contributed by atoms with E-state index in [2.05, 4.69) is 5.32 Å². The van der Waals surface area contributed by atoms with E-state index in [1.807, 2.05) is 68.6 Å². The van der Waals surface area contributed by atoms with E-state index in [4.69, 9.17) is 9.84 Å². The topological polar surface area (TPSA) is 95.9 Å². The van der Waals surface area contributed by atoms with Gasteiger partial charge < -0.3 is 14.9 Å². The van der Waals surface area contributed by atoms with E-state index in [9.17, 15) is 14.7 Å². The third-order valence-electron chi connectivity index (χ3n) is 5.70. The van der Waals surface area contributed by atoms with Gasteiger partial charge in [-0.2, -0.15) is 0 Å². The third kappa shape index (κ3) is 6.32. The molecule has 1 atom stereocenters. The number of ether oxygens (including phenoxy) is 1. The van der Waals surface area contributed by atoms with Crippen molar-refractivity contribution in [1.29, 1.82) is 0 Å². The number of thioether (sulfide) groups is 1. The molecule has 0 unspecified atom stereocenters. The Morgan fingerprint density at radius 3 is 2.38 bits per heavy atom. The summed E-state index contributed by atoms with van der Waals surface area (Å²) in [6.45, 7) is 3.96. The first-order valence-corrected chi connectivity index (χ1v) is 12.2. The maximum Gasteiger partial charge on any atom is 0.412 e. The van der Waals surface area contributed by atoms with Gasteiger partial charge in [0, 0.05) is 33.0 Å². The summed E-state index contributed by atoms with van der Waals surface area (Å²) >= 11 is 1.61. The summed E-state index contributed by atoms with van der Waals surface area (Å²) in [6.07, 6.45) is 4.54. The lowest BCUT2D eigenvalue weighted by molar-refractivity contribution is -0.131. The number of carboxylic acids is 1. The molecular formula is C27H29NO5S. The van der Waals surface area contributed by atoms with Crippen LogP contribution in [0.3, 0.4) is 0 Å². The molecule has 34 heavy (non-hydrogen) atoms. The molecule has 178 valence electrons. The molecular weight excluding hydrogens is 450 g/mol. The fourth-order valence-corrected chi connectivity index (χ4v) is 4.29. The average Bonchev–Trinajstić information content (AvgIpc) is 2.81. The largest absolute Gasteiger partial charge is 0.507 e. The van der Waals surface area contributed by atoms with Gasteiger partial charge in [0.25, 0.3) is 0 Å². The van der Waals surface area contributed by atoms with Crippen LogP contribution in [0.1, 0.15) is 38.4 Å². The van der Waals surface area contributed by atoms with Crippen LogP contribution in [0.15, 0.2) is 77.7 Å². The molecule has 3 aromatic rings. The number of carbonyl (C=O) groups excluding carboxylic acids is 1. The van der Waals surface area contributed by atoms with Crippen LogP contribution in [0.25, 0.3) is 10.8 Å². The van der Waals surface area contributed by atoms with Gasteiger partial charge in [0.15, 0.2) is 0 Å². The van der Waals surface area contributed by atoms with Crippen LogP contribution in [-0.4, -0.2) is 28.5 Å². The van der Waals surface area contributed by atoms with Crippen molar-refractivity contribution < 1.29 is 24.5 Å². The first-order chi connectivity index (χ1) is 16.2. The molecule has 0 aliphatic heterocycles. The normalized spacial score (nSPS) is 12.6. The van der Waals surface area contributed by atoms with E-state index < -0.39 is 23.6 Å². The summed E-state index contributed by atoms with van der Waals surface area (Å²) in [5.74, 6) is -0.847. The summed E-state index contributed by atoms with van der Waals surface area (Å²) in [5.41, 5.74) is 0.857. The first-order valence-electron chi connectivity index (χ1n) is 10.9. The van der Waals surface area contributed by atoms with Crippen LogP contribution < -0.4 is 5.32 Å². The first kappa shape index (κ1) is 25.2. The van der Waals surface area contributed by atoms with Crippen molar-refractivity contribution in [1.82, 2.24) is 0 Å². The van der Waals surface area contributed by atoms with Crippen molar-refractivity contribution >= 4 is 40.3 Å². The van der Waals surface area contributed by atoms with Gasteiger partial charge in [0.2, 0.25) is 0 Å². The van der Waals surface area contributed by atoms with E-state index in [1.54, 1.807) is 30.0 Å². The molecule has 1 amide bonds. The van der Waals surface area contributed by atoms with Gasteiger partial charge in [0.1, 0.15) is 11.9 Å². The van der Waals surface area contributed by atoms with Crippen LogP contribution in [0.5, 0.6) is 5.75 Å². The highest BCUT2D eigenvalue weighted by Gasteiger charge is 2.35. The zero-order valence-electron chi connectivity index (χ0n) is 19.4. The number of aromatic hydroxyl groups is 1. The number of aliphatic carboxylic acids is 1. The number of hydrogen-bond acceptors (Lipinski definition) is 5. The van der Waals surface area contributed by atoms with Gasteiger partial charge in [-0.1, -0.05) is 50.3 Å². The summed E-state index contributed by atoms with van der Waals surface area (Å²) in [4.78, 5) is 24.9. The summed E-state index contributed by atoms with van der Waals surface area (Å²) in [5, 5.41) is 23.5. The fourth-order valence-electron chi connectivity index (χ4n) is 3.88. The van der Waals surface area contributed by atoms with Crippen molar-refractivity contribution in [2.45, 2.75) is 37.7 Å². The Bertz CT molecular complexity index is 1190. The molecule has 3 aromatic carbocycles. The van der Waals surface area contributed by atoms with E-state index in [0.717, 1.165) is 21.9 Å². The van der Waals surface area contributed by atoms with Gasteiger partial charge in [-0.15, -0.1) is 11.8 Å². The van der Waals surface area contributed by atoms with E-state index in [-0.39, 0.29) is 5.75 Å². The van der Waals surface area contributed by atoms with Crippen LogP contribution in [0.4, 0.5) is 10.5 Å². The second-order valence-electron chi connectivity index (χ2n) is 8.63. The summed E-state index contributed by atoms with van der Waals surface area (Å²) < 4.78 is 6.01. The Labute approximate surface area is 203 Å². The highest BCUT2D eigenvalue weighted by molar-refractivity contribution is 7.98. The van der Waals surface area contributed by atoms with Crippen molar-refractivity contribution in [3.63, 3.8) is 0 Å². The van der Waals surface area contributed by atoms with Crippen LogP contribution in [0.2, 0.25) is 0 Å². The number of carbonyl (C=O) groups is 2. The van der Waals surface area contributed by atoms with E-state index >= 15 is 0 Å². The number of fused-ring (bicyclic) bond motifs is 1. The van der Waals surface area contributed by atoms with E-state index in [1.165, 1.54) is 0 Å². The van der Waals surface area contributed by atoms with Gasteiger partial charge in [-0.3, -0.25) is 5.32 Å². The number of phenols is 1. The van der Waals surface area contributed by atoms with Gasteiger partial charge >= 0.3 is 12.1 Å². The number of nitrogens with one attached hydrogen (secondary N) is 1. The number of hydrogen-bond donors (Lipinski definition) is 3. The van der Waals surface area contributed by atoms with Gasteiger partial charge in [-0.25, -0.2) is 9.59 Å². The standard InChI is InChI=1S/C27H29NO5S/c1-27(2,17-7-6-10-24(30)31)25(22-15-16-23(29)21-9-5-4-8-20(21)22)33-26(32)28-18-11-13-19(34-3)14-12-18/h4-6,8-16,25,29H,7,17H2,1-3H3,(H,28,32)(H,30,31)/b10-6+/t25-/m1/s1. The molecule has 0 spiro atoms. The predicted octanol–water partition coefficient (Wildman–Crippen LogP) is 7.00. The smallest absolute Gasteiger partial charge is 0.412 e. The van der Waals surface area contributed by atoms with Crippen molar-refractivity contribution in [2.24, 2.45) is 5.41 Å². The lowest BCUT2D eigenvalue weighted by Gasteiger charge is -2.35. The summed E-state index contributed by atoms with van der Waals surface area (Å²) in [6, 6.07) is 18.3. The van der Waals surface area contributed by atoms with Crippen molar-refractivity contribution in [3.8, 4) is 5.75 Å². The molecule has 3 N–H and O–H groups in total. The molecule has 0 bridgehead atoms. The Balaban J connectivity index is 1.92. The molecule has 0 radical (unpaired) electrons. The molecule has 0 heterocycles. The predicted molar refractivity (Wildman–Crippen MR) is 136 cm³/mol. The SMILES string of the molecule is CSc1ccc(NC(=O)O[C@H](c2ccc(O)c3ccccc23)C(C)(C)CC/C=C/C(=O)O)cc1. The second-order valence-corrected chi connectivity index (χ2v) is 9.51. The molecule has 0 aliphatic carbocycles. The fraction of sp³-hybridized carbons (Fsp3) is 0.259. The molecule has 0 saturated heterocycles. The molecule has 0 aromatic heterocycles. The zero-order chi connectivity index (χ0) is 24.7. The van der Waals surface area contributed by atoms with Crippen molar-refractivity contribution in [3.05, 3.63) is 78.4 Å². The Kier molecular flexibility index (Phi) is 8.23. The Morgan fingerprint density at radius 1 is 1.06 bits per heavy atom. The van der Waals surface area contributed by atoms with Crippen LogP contribution in [-0.2, 0) is 9.53 Å². The Hall–Kier alpha value is -3.45. The van der Waals surface area contributed by atoms with Crippen LogP contribution in [0, 0.1) is 5.41 Å². The average molecular weight is 480 g/mol. The third-order valence-corrected chi connectivity index (χ3v) is 6.45. The van der Waals surface area contributed by atoms with Gasteiger partial charge in [-0.05, 0) is 54.8 Å². The lowest BCUT2D eigenvalue weighted by Crippen LogP contribution is -2.29. The number of carboxylic acid groups (broad SMARTS) is 1.